The first-order valence-electron chi connectivity index (χ1n) is 11.7. The number of hydrogen-bond acceptors (Lipinski definition) is 4. The number of aliphatic hydroxyl groups is 2. The molecule has 10 atom stereocenters. The summed E-state index contributed by atoms with van der Waals surface area (Å²) in [5.74, 6) is 1.99. The molecule has 0 saturated heterocycles. The van der Waals surface area contributed by atoms with Gasteiger partial charge in [0.2, 0.25) is 0 Å². The molecule has 0 amide bonds. The molecule has 4 aliphatic rings. The molecule has 4 nitrogen and oxygen atoms in total. The summed E-state index contributed by atoms with van der Waals surface area (Å²) in [6, 6.07) is 0. The van der Waals surface area contributed by atoms with Crippen molar-refractivity contribution in [2.24, 2.45) is 46.3 Å². The van der Waals surface area contributed by atoms with Gasteiger partial charge in [-0.15, -0.1) is 0 Å². The molecule has 4 fully saturated rings. The summed E-state index contributed by atoms with van der Waals surface area (Å²) in [5.41, 5.74) is 0.494. The third-order valence-electron chi connectivity index (χ3n) is 10.2. The SMILES string of the molecule is C[C@H](CCC(=O)[O-])[C@H]1CC[C@H]2[C@@H]3[C@@H](O)C[C@@H]4C[C@H](O)CC[C@]4(C)[C@H]3CC[C@]12C.[Na+]. The molecule has 0 aromatic heterocycles. The van der Waals surface area contributed by atoms with E-state index in [-0.39, 0.29) is 59.0 Å². The van der Waals surface area contributed by atoms with Gasteiger partial charge in [0.25, 0.3) is 0 Å². The van der Waals surface area contributed by atoms with Gasteiger partial charge in [-0.2, -0.15) is 0 Å². The maximum absolute atomic E-state index is 11.2. The van der Waals surface area contributed by atoms with E-state index < -0.39 is 5.97 Å². The molecule has 0 radical (unpaired) electrons. The number of aliphatic hydroxyl groups excluding tert-OH is 2. The standard InChI is InChI=1S/C24H40O4.Na/c1-14(4-7-21(27)28)17-5-6-18-22-19(9-11-24(17,18)3)23(2)10-8-16(25)12-15(23)13-20(22)26;/h14-20,22,25-26H,4-13H2,1-3H3,(H,27,28);/q;+1/p-1/t14-,15+,16-,17-,18+,19+,20+,22+,23+,24-;/m1./s1. The Bertz CT molecular complexity index is 612. The zero-order chi connectivity index (χ0) is 20.3. The van der Waals surface area contributed by atoms with Crippen LogP contribution in [0, 0.1) is 46.3 Å². The first kappa shape index (κ1) is 24.0. The van der Waals surface area contributed by atoms with Crippen molar-refractivity contribution >= 4 is 5.97 Å². The quantitative estimate of drug-likeness (QED) is 0.642. The zero-order valence-corrected chi connectivity index (χ0v) is 20.9. The van der Waals surface area contributed by atoms with Gasteiger partial charge in [-0.05, 0) is 111 Å². The Kier molecular flexibility index (Phi) is 7.24. The van der Waals surface area contributed by atoms with Crippen LogP contribution < -0.4 is 34.7 Å². The largest absolute Gasteiger partial charge is 1.00 e. The Morgan fingerprint density at radius 1 is 1.03 bits per heavy atom. The van der Waals surface area contributed by atoms with Crippen LogP contribution in [0.3, 0.4) is 0 Å². The number of aliphatic carboxylic acids is 1. The topological polar surface area (TPSA) is 80.6 Å². The van der Waals surface area contributed by atoms with Gasteiger partial charge in [-0.1, -0.05) is 20.8 Å². The summed E-state index contributed by atoms with van der Waals surface area (Å²) < 4.78 is 0. The molecule has 0 aliphatic heterocycles. The third kappa shape index (κ3) is 3.99. The molecule has 5 heteroatoms. The number of rotatable bonds is 4. The molecule has 4 aliphatic carbocycles. The van der Waals surface area contributed by atoms with Crippen molar-refractivity contribution in [1.29, 1.82) is 0 Å². The van der Waals surface area contributed by atoms with Crippen molar-refractivity contribution in [3.05, 3.63) is 0 Å². The van der Waals surface area contributed by atoms with Gasteiger partial charge in [-0.25, -0.2) is 0 Å². The second-order valence-electron chi connectivity index (χ2n) is 11.3. The van der Waals surface area contributed by atoms with Crippen LogP contribution >= 0.6 is 0 Å². The van der Waals surface area contributed by atoms with Gasteiger partial charge in [0, 0.05) is 5.97 Å². The molecule has 0 bridgehead atoms. The molecule has 4 rings (SSSR count). The molecule has 0 aromatic carbocycles. The maximum atomic E-state index is 11.2. The van der Waals surface area contributed by atoms with Gasteiger partial charge >= 0.3 is 29.6 Å². The molecule has 0 heterocycles. The smallest absolute Gasteiger partial charge is 0.550 e. The Balaban J connectivity index is 0.00000240. The van der Waals surface area contributed by atoms with Gasteiger partial charge in [0.05, 0.1) is 12.2 Å². The summed E-state index contributed by atoms with van der Waals surface area (Å²) in [6.07, 6.45) is 8.91. The fourth-order valence-corrected chi connectivity index (χ4v) is 8.72. The first-order valence-corrected chi connectivity index (χ1v) is 11.7. The number of carbonyl (C=O) groups excluding carboxylic acids is 1. The average Bonchev–Trinajstić information content (AvgIpc) is 2.98. The van der Waals surface area contributed by atoms with Crippen LogP contribution in [0.4, 0.5) is 0 Å². The average molecular weight is 415 g/mol. The van der Waals surface area contributed by atoms with Gasteiger partial charge < -0.3 is 20.1 Å². The van der Waals surface area contributed by atoms with Crippen LogP contribution in [0.25, 0.3) is 0 Å². The van der Waals surface area contributed by atoms with Crippen LogP contribution in [0.2, 0.25) is 0 Å². The maximum Gasteiger partial charge on any atom is 1.00 e. The van der Waals surface area contributed by atoms with E-state index in [1.807, 2.05) is 0 Å². The van der Waals surface area contributed by atoms with E-state index >= 15 is 0 Å². The summed E-state index contributed by atoms with van der Waals surface area (Å²) in [7, 11) is 0. The molecule has 0 spiro atoms. The Morgan fingerprint density at radius 3 is 2.38 bits per heavy atom. The van der Waals surface area contributed by atoms with Gasteiger partial charge in [0.1, 0.15) is 0 Å². The summed E-state index contributed by atoms with van der Waals surface area (Å²) in [6.45, 7) is 7.11. The van der Waals surface area contributed by atoms with E-state index in [0.29, 0.717) is 41.9 Å². The molecule has 0 unspecified atom stereocenters. The van der Waals surface area contributed by atoms with Gasteiger partial charge in [0.15, 0.2) is 0 Å². The minimum atomic E-state index is -0.934. The van der Waals surface area contributed by atoms with Crippen molar-refractivity contribution in [3.8, 4) is 0 Å². The van der Waals surface area contributed by atoms with Crippen LogP contribution in [0.5, 0.6) is 0 Å². The van der Waals surface area contributed by atoms with Crippen molar-refractivity contribution in [1.82, 2.24) is 0 Å². The number of carboxylic acid groups (broad SMARTS) is 1. The fourth-order valence-electron chi connectivity index (χ4n) is 8.72. The minimum absolute atomic E-state index is 0. The molecule has 0 aromatic rings. The zero-order valence-electron chi connectivity index (χ0n) is 18.9. The monoisotopic (exact) mass is 414 g/mol. The summed E-state index contributed by atoms with van der Waals surface area (Å²) >= 11 is 0. The fraction of sp³-hybridized carbons (Fsp3) is 0.958. The van der Waals surface area contributed by atoms with E-state index in [1.54, 1.807) is 0 Å². The predicted octanol–water partition coefficient (Wildman–Crippen LogP) is 0.147. The van der Waals surface area contributed by atoms with E-state index in [9.17, 15) is 20.1 Å². The minimum Gasteiger partial charge on any atom is -0.550 e. The summed E-state index contributed by atoms with van der Waals surface area (Å²) in [5, 5.41) is 32.4. The Hall–Kier alpha value is 0.390. The Morgan fingerprint density at radius 2 is 1.69 bits per heavy atom. The van der Waals surface area contributed by atoms with Crippen LogP contribution in [0.15, 0.2) is 0 Å². The third-order valence-corrected chi connectivity index (χ3v) is 10.2. The first-order chi connectivity index (χ1) is 13.2. The molecular weight excluding hydrogens is 375 g/mol. The van der Waals surface area contributed by atoms with E-state index in [0.717, 1.165) is 25.7 Å². The Labute approximate surface area is 198 Å². The number of carbonyl (C=O) groups is 1. The molecule has 2 N–H and O–H groups in total. The molecule has 29 heavy (non-hydrogen) atoms. The molecular formula is C24H39NaO4. The molecule has 160 valence electrons. The van der Waals surface area contributed by atoms with Crippen molar-refractivity contribution < 1.29 is 49.7 Å². The second-order valence-corrected chi connectivity index (χ2v) is 11.3. The molecule has 4 saturated carbocycles. The number of hydrogen-bond donors (Lipinski definition) is 2. The summed E-state index contributed by atoms with van der Waals surface area (Å²) in [4.78, 5) is 10.9. The number of fused-ring (bicyclic) bond motifs is 5. The van der Waals surface area contributed by atoms with Crippen LogP contribution in [-0.4, -0.2) is 28.4 Å². The van der Waals surface area contributed by atoms with E-state index in [4.69, 9.17) is 0 Å². The normalized spacial score (nSPS) is 49.9. The van der Waals surface area contributed by atoms with Crippen molar-refractivity contribution in [2.75, 3.05) is 0 Å². The number of carboxylic acids is 1. The van der Waals surface area contributed by atoms with Crippen LogP contribution in [0.1, 0.15) is 85.0 Å². The van der Waals surface area contributed by atoms with E-state index in [1.165, 1.54) is 25.7 Å². The van der Waals surface area contributed by atoms with Gasteiger partial charge in [-0.3, -0.25) is 0 Å². The second kappa shape index (κ2) is 8.73. The van der Waals surface area contributed by atoms with E-state index in [2.05, 4.69) is 20.8 Å². The van der Waals surface area contributed by atoms with Crippen molar-refractivity contribution in [2.45, 2.75) is 97.2 Å². The predicted molar refractivity (Wildman–Crippen MR) is 106 cm³/mol. The van der Waals surface area contributed by atoms with Crippen LogP contribution in [-0.2, 0) is 4.79 Å². The van der Waals surface area contributed by atoms with Crippen molar-refractivity contribution in [3.63, 3.8) is 0 Å².